The van der Waals surface area contributed by atoms with Gasteiger partial charge in [-0.3, -0.25) is 4.57 Å². The summed E-state index contributed by atoms with van der Waals surface area (Å²) < 4.78 is 28.4. The fourth-order valence-corrected chi connectivity index (χ4v) is 2.86. The molecule has 0 saturated heterocycles. The fraction of sp³-hybridized carbons (Fsp3) is 0. The second-order valence-electron chi connectivity index (χ2n) is 5.80. The van der Waals surface area contributed by atoms with E-state index in [4.69, 9.17) is 0 Å². The molecule has 1 heterocycles. The minimum atomic E-state index is -1.02. The third-order valence-electron chi connectivity index (χ3n) is 4.17. The first-order valence-electron chi connectivity index (χ1n) is 7.79. The monoisotopic (exact) mass is 350 g/mol. The lowest BCUT2D eigenvalue weighted by Crippen LogP contribution is -1.97. The number of halogens is 2. The van der Waals surface area contributed by atoms with E-state index in [1.165, 1.54) is 12.1 Å². The van der Waals surface area contributed by atoms with Gasteiger partial charge in [0, 0.05) is 5.69 Å². The first-order valence-corrected chi connectivity index (χ1v) is 7.79. The van der Waals surface area contributed by atoms with Crippen molar-refractivity contribution in [2.75, 3.05) is 0 Å². The van der Waals surface area contributed by atoms with Crippen LogP contribution in [0.15, 0.2) is 67.0 Å². The first kappa shape index (κ1) is 16.0. The van der Waals surface area contributed by atoms with Crippen molar-refractivity contribution in [1.29, 1.82) is 0 Å². The zero-order chi connectivity index (χ0) is 18.3. The molecule has 0 aliphatic rings. The lowest BCUT2D eigenvalue weighted by atomic mass is 10.0. The van der Waals surface area contributed by atoms with Crippen LogP contribution in [0.5, 0.6) is 0 Å². The Morgan fingerprint density at radius 1 is 0.923 bits per heavy atom. The van der Waals surface area contributed by atoms with Crippen LogP contribution in [0.2, 0.25) is 0 Å². The smallest absolute Gasteiger partial charge is 0.335 e. The zero-order valence-corrected chi connectivity index (χ0v) is 13.4. The predicted molar refractivity (Wildman–Crippen MR) is 93.4 cm³/mol. The molecule has 0 atom stereocenters. The Balaban J connectivity index is 1.84. The normalized spacial score (nSPS) is 11.0. The maximum Gasteiger partial charge on any atom is 0.335 e. The Hall–Kier alpha value is -3.54. The largest absolute Gasteiger partial charge is 0.478 e. The van der Waals surface area contributed by atoms with E-state index in [-0.39, 0.29) is 5.56 Å². The summed E-state index contributed by atoms with van der Waals surface area (Å²) in [5, 5.41) is 9.19. The Bertz CT molecular complexity index is 1150. The molecule has 0 saturated carbocycles. The minimum Gasteiger partial charge on any atom is -0.478 e. The fourth-order valence-electron chi connectivity index (χ4n) is 2.86. The number of hydrogen-bond donors (Lipinski definition) is 1. The molecule has 0 spiro atoms. The van der Waals surface area contributed by atoms with Crippen LogP contribution in [0.1, 0.15) is 10.4 Å². The molecule has 26 heavy (non-hydrogen) atoms. The van der Waals surface area contributed by atoms with Crippen LogP contribution in [-0.4, -0.2) is 20.6 Å². The molecule has 1 aromatic heterocycles. The molecule has 0 aliphatic carbocycles. The molecule has 0 unspecified atom stereocenters. The van der Waals surface area contributed by atoms with Crippen molar-refractivity contribution in [1.82, 2.24) is 9.55 Å². The van der Waals surface area contributed by atoms with Gasteiger partial charge < -0.3 is 5.11 Å². The van der Waals surface area contributed by atoms with Crippen LogP contribution in [0.4, 0.5) is 8.78 Å². The summed E-state index contributed by atoms with van der Waals surface area (Å²) in [7, 11) is 0. The molecule has 4 rings (SSSR count). The summed E-state index contributed by atoms with van der Waals surface area (Å²) >= 11 is 0. The summed E-state index contributed by atoms with van der Waals surface area (Å²) in [4.78, 5) is 15.5. The van der Waals surface area contributed by atoms with E-state index < -0.39 is 17.6 Å². The Morgan fingerprint density at radius 2 is 1.73 bits per heavy atom. The van der Waals surface area contributed by atoms with E-state index in [1.54, 1.807) is 41.2 Å². The second-order valence-corrected chi connectivity index (χ2v) is 5.80. The van der Waals surface area contributed by atoms with Crippen LogP contribution in [0.25, 0.3) is 27.8 Å². The van der Waals surface area contributed by atoms with Gasteiger partial charge in [0.1, 0.15) is 6.33 Å². The Kier molecular flexibility index (Phi) is 3.73. The van der Waals surface area contributed by atoms with Crippen molar-refractivity contribution in [2.45, 2.75) is 0 Å². The maximum absolute atomic E-state index is 13.5. The van der Waals surface area contributed by atoms with Gasteiger partial charge in [-0.05, 0) is 53.6 Å². The van der Waals surface area contributed by atoms with E-state index in [0.29, 0.717) is 22.2 Å². The van der Waals surface area contributed by atoms with Crippen molar-refractivity contribution < 1.29 is 18.7 Å². The number of carboxylic acid groups (broad SMARTS) is 1. The molecule has 6 heteroatoms. The second kappa shape index (κ2) is 6.07. The molecule has 1 N–H and O–H groups in total. The number of imidazole rings is 1. The molecule has 0 fully saturated rings. The SMILES string of the molecule is O=C(O)c1ccc2ncn(-c3cccc(-c4ccc(F)c(F)c4)c3)c2c1. The summed E-state index contributed by atoms with van der Waals surface area (Å²) in [6, 6.07) is 15.7. The summed E-state index contributed by atoms with van der Waals surface area (Å²) in [5.74, 6) is -2.83. The van der Waals surface area contributed by atoms with Gasteiger partial charge in [0.15, 0.2) is 11.6 Å². The van der Waals surface area contributed by atoms with E-state index in [9.17, 15) is 18.7 Å². The molecule has 0 amide bonds. The van der Waals surface area contributed by atoms with Gasteiger partial charge in [0.05, 0.1) is 16.6 Å². The van der Waals surface area contributed by atoms with Crippen molar-refractivity contribution in [3.8, 4) is 16.8 Å². The summed E-state index contributed by atoms with van der Waals surface area (Å²) in [5.41, 5.74) is 3.45. The maximum atomic E-state index is 13.5. The number of fused-ring (bicyclic) bond motifs is 1. The van der Waals surface area contributed by atoms with Crippen molar-refractivity contribution in [3.63, 3.8) is 0 Å². The first-order chi connectivity index (χ1) is 12.5. The molecule has 0 radical (unpaired) electrons. The number of rotatable bonds is 3. The third kappa shape index (κ3) is 2.71. The van der Waals surface area contributed by atoms with Gasteiger partial charge in [-0.1, -0.05) is 18.2 Å². The van der Waals surface area contributed by atoms with E-state index >= 15 is 0 Å². The number of hydrogen-bond acceptors (Lipinski definition) is 2. The van der Waals surface area contributed by atoms with Gasteiger partial charge in [-0.15, -0.1) is 0 Å². The van der Waals surface area contributed by atoms with Crippen molar-refractivity contribution >= 4 is 17.0 Å². The average molecular weight is 350 g/mol. The Morgan fingerprint density at radius 3 is 2.50 bits per heavy atom. The topological polar surface area (TPSA) is 55.1 Å². The highest BCUT2D eigenvalue weighted by molar-refractivity contribution is 5.92. The van der Waals surface area contributed by atoms with Gasteiger partial charge in [0.25, 0.3) is 0 Å². The molecular weight excluding hydrogens is 338 g/mol. The third-order valence-corrected chi connectivity index (χ3v) is 4.17. The molecule has 128 valence electrons. The van der Waals surface area contributed by atoms with E-state index in [0.717, 1.165) is 17.8 Å². The number of benzene rings is 3. The number of aromatic carboxylic acids is 1. The highest BCUT2D eigenvalue weighted by Crippen LogP contribution is 2.26. The number of nitrogens with zero attached hydrogens (tertiary/aromatic N) is 2. The van der Waals surface area contributed by atoms with Crippen molar-refractivity contribution in [3.05, 3.63) is 84.2 Å². The zero-order valence-electron chi connectivity index (χ0n) is 13.4. The van der Waals surface area contributed by atoms with Crippen molar-refractivity contribution in [2.24, 2.45) is 0 Å². The molecule has 4 aromatic rings. The standard InChI is InChI=1S/C20H12F2N2O2/c21-16-6-4-13(9-17(16)22)12-2-1-3-15(8-12)24-11-23-18-7-5-14(20(25)26)10-19(18)24/h1-11H,(H,25,26). The van der Waals surface area contributed by atoms with Gasteiger partial charge in [-0.2, -0.15) is 0 Å². The molecule has 3 aromatic carbocycles. The van der Waals surface area contributed by atoms with Gasteiger partial charge in [0.2, 0.25) is 0 Å². The van der Waals surface area contributed by atoms with E-state index in [2.05, 4.69) is 4.98 Å². The molecule has 0 aliphatic heterocycles. The highest BCUT2D eigenvalue weighted by Gasteiger charge is 2.10. The average Bonchev–Trinajstić information content (AvgIpc) is 3.07. The predicted octanol–water partition coefficient (Wildman–Crippen LogP) is 4.67. The van der Waals surface area contributed by atoms with Crippen LogP contribution in [-0.2, 0) is 0 Å². The van der Waals surface area contributed by atoms with Gasteiger partial charge >= 0.3 is 5.97 Å². The van der Waals surface area contributed by atoms with E-state index in [1.807, 2.05) is 6.07 Å². The lowest BCUT2D eigenvalue weighted by Gasteiger charge is -2.08. The van der Waals surface area contributed by atoms with Crippen LogP contribution in [0, 0.1) is 11.6 Å². The van der Waals surface area contributed by atoms with Crippen LogP contribution >= 0.6 is 0 Å². The highest BCUT2D eigenvalue weighted by atomic mass is 19.2. The molecule has 4 nitrogen and oxygen atoms in total. The molecule has 0 bridgehead atoms. The number of aromatic nitrogens is 2. The number of carboxylic acids is 1. The lowest BCUT2D eigenvalue weighted by molar-refractivity contribution is 0.0697. The van der Waals surface area contributed by atoms with Crippen LogP contribution < -0.4 is 0 Å². The van der Waals surface area contributed by atoms with Crippen LogP contribution in [0.3, 0.4) is 0 Å². The summed E-state index contributed by atoms with van der Waals surface area (Å²) in [6.07, 6.45) is 1.60. The number of carbonyl (C=O) groups is 1. The quantitative estimate of drug-likeness (QED) is 0.584. The van der Waals surface area contributed by atoms with Gasteiger partial charge in [-0.25, -0.2) is 18.6 Å². The summed E-state index contributed by atoms with van der Waals surface area (Å²) in [6.45, 7) is 0. The Labute approximate surface area is 147 Å². The minimum absolute atomic E-state index is 0.163. The molecular formula is C20H12F2N2O2.